The van der Waals surface area contributed by atoms with Crippen LogP contribution in [0.15, 0.2) is 48.5 Å². The molecule has 8 nitrogen and oxygen atoms in total. The van der Waals surface area contributed by atoms with Crippen molar-refractivity contribution in [2.45, 2.75) is 6.92 Å². The molecular formula is C24H23ClN4O4. The molecule has 0 radical (unpaired) electrons. The number of aromatic nitrogens is 2. The van der Waals surface area contributed by atoms with Gasteiger partial charge in [0.25, 0.3) is 5.91 Å². The Bertz CT molecular complexity index is 1160. The second-order valence-electron chi connectivity index (χ2n) is 7.94. The molecule has 1 aromatic heterocycles. The number of rotatable bonds is 5. The summed E-state index contributed by atoms with van der Waals surface area (Å²) >= 11 is 6.15. The summed E-state index contributed by atoms with van der Waals surface area (Å²) in [5.74, 6) is 2.71. The molecule has 1 fully saturated rings. The molecular weight excluding hydrogens is 444 g/mol. The van der Waals surface area contributed by atoms with Crippen molar-refractivity contribution < 1.29 is 19.0 Å². The maximum absolute atomic E-state index is 12.6. The van der Waals surface area contributed by atoms with Crippen molar-refractivity contribution in [1.29, 1.82) is 0 Å². The summed E-state index contributed by atoms with van der Waals surface area (Å²) < 4.78 is 16.4. The molecule has 1 amide bonds. The molecule has 2 aliphatic rings. The van der Waals surface area contributed by atoms with E-state index in [0.29, 0.717) is 42.7 Å². The molecule has 1 saturated heterocycles. The number of halogens is 1. The minimum atomic E-state index is -0.0588. The highest BCUT2D eigenvalue weighted by Crippen LogP contribution is 2.35. The first-order valence-corrected chi connectivity index (χ1v) is 11.1. The molecule has 0 atom stereocenters. The Morgan fingerprint density at radius 1 is 1.00 bits per heavy atom. The second kappa shape index (κ2) is 9.15. The normalized spacial score (nSPS) is 15.0. The Balaban J connectivity index is 1.15. The molecule has 0 N–H and O–H groups in total. The quantitative estimate of drug-likeness (QED) is 0.569. The predicted molar refractivity (Wildman–Crippen MR) is 124 cm³/mol. The summed E-state index contributed by atoms with van der Waals surface area (Å²) in [5.41, 5.74) is 2.71. The molecule has 2 aliphatic heterocycles. The van der Waals surface area contributed by atoms with Crippen molar-refractivity contribution in [1.82, 2.24) is 15.1 Å². The monoisotopic (exact) mass is 466 g/mol. The van der Waals surface area contributed by atoms with E-state index < -0.39 is 0 Å². The zero-order chi connectivity index (χ0) is 22.8. The van der Waals surface area contributed by atoms with Crippen LogP contribution in [0.4, 0.5) is 5.82 Å². The van der Waals surface area contributed by atoms with Gasteiger partial charge in [0.1, 0.15) is 5.75 Å². The largest absolute Gasteiger partial charge is 0.482 e. The Kier molecular flexibility index (Phi) is 5.92. The molecule has 0 aliphatic carbocycles. The second-order valence-corrected chi connectivity index (χ2v) is 8.34. The topological polar surface area (TPSA) is 77.0 Å². The van der Waals surface area contributed by atoms with Gasteiger partial charge in [-0.3, -0.25) is 4.79 Å². The van der Waals surface area contributed by atoms with Gasteiger partial charge in [-0.1, -0.05) is 17.7 Å². The first-order valence-electron chi connectivity index (χ1n) is 10.7. The number of hydrogen-bond acceptors (Lipinski definition) is 7. The van der Waals surface area contributed by atoms with Crippen LogP contribution in [-0.2, 0) is 4.79 Å². The fourth-order valence-corrected chi connectivity index (χ4v) is 4.01. The van der Waals surface area contributed by atoms with Crippen molar-refractivity contribution in [3.63, 3.8) is 0 Å². The van der Waals surface area contributed by atoms with Gasteiger partial charge in [-0.15, -0.1) is 10.2 Å². The summed E-state index contributed by atoms with van der Waals surface area (Å²) in [4.78, 5) is 16.5. The average Bonchev–Trinajstić information content (AvgIpc) is 3.33. The molecule has 0 unspecified atom stereocenters. The molecule has 5 rings (SSSR count). The van der Waals surface area contributed by atoms with Crippen LogP contribution in [0.5, 0.6) is 17.2 Å². The lowest BCUT2D eigenvalue weighted by Gasteiger charge is -2.35. The standard InChI is InChI=1S/C24H23ClN4O4/c1-16-2-4-18(25)21(12-16)31-14-24(30)29-10-8-28(9-11-29)23-7-5-19(26-27-23)17-3-6-20-22(13-17)33-15-32-20/h2-7,12-13H,8-11,14-15H2,1H3. The number of aryl methyl sites for hydroxylation is 1. The number of hydrogen-bond donors (Lipinski definition) is 0. The van der Waals surface area contributed by atoms with E-state index in [9.17, 15) is 4.79 Å². The summed E-state index contributed by atoms with van der Waals surface area (Å²) in [6.45, 7) is 4.69. The third-order valence-corrected chi connectivity index (χ3v) is 6.03. The van der Waals surface area contributed by atoms with E-state index in [0.717, 1.165) is 28.4 Å². The summed E-state index contributed by atoms with van der Waals surface area (Å²) in [6.07, 6.45) is 0. The molecule has 3 heterocycles. The van der Waals surface area contributed by atoms with Crippen molar-refractivity contribution >= 4 is 23.3 Å². The van der Waals surface area contributed by atoms with E-state index in [-0.39, 0.29) is 19.3 Å². The van der Waals surface area contributed by atoms with E-state index in [1.807, 2.05) is 49.4 Å². The zero-order valence-corrected chi connectivity index (χ0v) is 18.9. The number of piperazine rings is 1. The van der Waals surface area contributed by atoms with Crippen LogP contribution in [0.1, 0.15) is 5.56 Å². The van der Waals surface area contributed by atoms with Gasteiger partial charge >= 0.3 is 0 Å². The third kappa shape index (κ3) is 4.66. The van der Waals surface area contributed by atoms with Crippen molar-refractivity contribution in [3.05, 3.63) is 59.1 Å². The molecule has 0 saturated carbocycles. The van der Waals surface area contributed by atoms with Crippen LogP contribution in [0.25, 0.3) is 11.3 Å². The Hall–Kier alpha value is -3.52. The smallest absolute Gasteiger partial charge is 0.260 e. The van der Waals surface area contributed by atoms with Crippen LogP contribution in [0.2, 0.25) is 5.02 Å². The van der Waals surface area contributed by atoms with Gasteiger partial charge in [0.15, 0.2) is 23.9 Å². The highest BCUT2D eigenvalue weighted by molar-refractivity contribution is 6.32. The number of carbonyl (C=O) groups is 1. The van der Waals surface area contributed by atoms with Gasteiger partial charge in [0.05, 0.1) is 10.7 Å². The molecule has 9 heteroatoms. The average molecular weight is 467 g/mol. The third-order valence-electron chi connectivity index (χ3n) is 5.71. The lowest BCUT2D eigenvalue weighted by atomic mass is 10.1. The minimum Gasteiger partial charge on any atom is -0.482 e. The van der Waals surface area contributed by atoms with Crippen molar-refractivity contribution in [2.24, 2.45) is 0 Å². The highest BCUT2D eigenvalue weighted by Gasteiger charge is 2.23. The minimum absolute atomic E-state index is 0.0345. The van der Waals surface area contributed by atoms with Crippen LogP contribution in [0.3, 0.4) is 0 Å². The van der Waals surface area contributed by atoms with Crippen LogP contribution in [-0.4, -0.2) is 60.6 Å². The summed E-state index contributed by atoms with van der Waals surface area (Å²) in [7, 11) is 0. The molecule has 3 aromatic rings. The molecule has 0 bridgehead atoms. The van der Waals surface area contributed by atoms with Gasteiger partial charge in [-0.2, -0.15) is 0 Å². The van der Waals surface area contributed by atoms with Crippen LogP contribution >= 0.6 is 11.6 Å². The SMILES string of the molecule is Cc1ccc(Cl)c(OCC(=O)N2CCN(c3ccc(-c4ccc5c(c4)OCO5)nn3)CC2)c1. The van der Waals surface area contributed by atoms with Crippen LogP contribution in [0, 0.1) is 6.92 Å². The van der Waals surface area contributed by atoms with Gasteiger partial charge in [-0.05, 0) is 55.0 Å². The number of amides is 1. The number of anilines is 1. The highest BCUT2D eigenvalue weighted by atomic mass is 35.5. The van der Waals surface area contributed by atoms with E-state index in [4.69, 9.17) is 25.8 Å². The number of nitrogens with zero attached hydrogens (tertiary/aromatic N) is 4. The first kappa shape index (κ1) is 21.3. The molecule has 0 spiro atoms. The van der Waals surface area contributed by atoms with Gasteiger partial charge in [0, 0.05) is 31.7 Å². The number of carbonyl (C=O) groups excluding carboxylic acids is 1. The van der Waals surface area contributed by atoms with E-state index in [1.54, 1.807) is 11.0 Å². The summed E-state index contributed by atoms with van der Waals surface area (Å²) in [6, 6.07) is 15.1. The van der Waals surface area contributed by atoms with Crippen molar-refractivity contribution in [3.8, 4) is 28.5 Å². The van der Waals surface area contributed by atoms with E-state index >= 15 is 0 Å². The number of ether oxygens (including phenoxy) is 3. The van der Waals surface area contributed by atoms with Crippen molar-refractivity contribution in [2.75, 3.05) is 44.5 Å². The fourth-order valence-electron chi connectivity index (χ4n) is 3.84. The lowest BCUT2D eigenvalue weighted by molar-refractivity contribution is -0.133. The number of benzene rings is 2. The Morgan fingerprint density at radius 3 is 2.61 bits per heavy atom. The number of fused-ring (bicyclic) bond motifs is 1. The summed E-state index contributed by atoms with van der Waals surface area (Å²) in [5, 5.41) is 9.28. The first-order chi connectivity index (χ1) is 16.1. The zero-order valence-electron chi connectivity index (χ0n) is 18.2. The van der Waals surface area contributed by atoms with Gasteiger partial charge in [0.2, 0.25) is 6.79 Å². The van der Waals surface area contributed by atoms with Gasteiger partial charge in [-0.25, -0.2) is 0 Å². The maximum Gasteiger partial charge on any atom is 0.260 e. The Labute approximate surface area is 196 Å². The molecule has 2 aromatic carbocycles. The van der Waals surface area contributed by atoms with Gasteiger partial charge < -0.3 is 24.0 Å². The Morgan fingerprint density at radius 2 is 1.82 bits per heavy atom. The fraction of sp³-hybridized carbons (Fsp3) is 0.292. The van der Waals surface area contributed by atoms with E-state index in [2.05, 4.69) is 15.1 Å². The maximum atomic E-state index is 12.6. The predicted octanol–water partition coefficient (Wildman–Crippen LogP) is 3.56. The van der Waals surface area contributed by atoms with E-state index in [1.165, 1.54) is 0 Å². The van der Waals surface area contributed by atoms with Crippen LogP contribution < -0.4 is 19.1 Å². The molecule has 170 valence electrons. The lowest BCUT2D eigenvalue weighted by Crippen LogP contribution is -2.50. The molecule has 33 heavy (non-hydrogen) atoms.